The summed E-state index contributed by atoms with van der Waals surface area (Å²) in [5.41, 5.74) is 4.17. The molecule has 4 rings (SSSR count). The Morgan fingerprint density at radius 3 is 2.27 bits per heavy atom. The zero-order valence-corrected chi connectivity index (χ0v) is 13.2. The van der Waals surface area contributed by atoms with E-state index in [4.69, 9.17) is 0 Å². The number of nitrogens with zero attached hydrogens (tertiary/aromatic N) is 1. The molecule has 1 atom stereocenters. The second-order valence-corrected chi connectivity index (χ2v) is 7.03. The molecule has 114 valence electrons. The van der Waals surface area contributed by atoms with Crippen LogP contribution < -0.4 is 0 Å². The van der Waals surface area contributed by atoms with Gasteiger partial charge in [-0.05, 0) is 60.8 Å². The SMILES string of the molecule is c1ccc(-c2ccc(C3CCCN(CC4CC4)C3)cc2)cc1. The number of rotatable bonds is 4. The van der Waals surface area contributed by atoms with Gasteiger partial charge in [-0.1, -0.05) is 54.6 Å². The van der Waals surface area contributed by atoms with Gasteiger partial charge in [-0.25, -0.2) is 0 Å². The first-order valence-electron chi connectivity index (χ1n) is 8.76. The highest BCUT2D eigenvalue weighted by atomic mass is 15.1. The molecule has 1 nitrogen and oxygen atoms in total. The van der Waals surface area contributed by atoms with E-state index in [1.54, 1.807) is 0 Å². The minimum Gasteiger partial charge on any atom is -0.302 e. The second-order valence-electron chi connectivity index (χ2n) is 7.03. The van der Waals surface area contributed by atoms with E-state index in [-0.39, 0.29) is 0 Å². The molecule has 0 amide bonds. The van der Waals surface area contributed by atoms with Gasteiger partial charge in [-0.3, -0.25) is 0 Å². The van der Waals surface area contributed by atoms with Gasteiger partial charge in [0.25, 0.3) is 0 Å². The smallest absolute Gasteiger partial charge is 0.00504 e. The highest BCUT2D eigenvalue weighted by molar-refractivity contribution is 5.63. The van der Waals surface area contributed by atoms with Crippen molar-refractivity contribution in [3.63, 3.8) is 0 Å². The van der Waals surface area contributed by atoms with Gasteiger partial charge in [-0.2, -0.15) is 0 Å². The topological polar surface area (TPSA) is 3.24 Å². The van der Waals surface area contributed by atoms with E-state index >= 15 is 0 Å². The van der Waals surface area contributed by atoms with Crippen molar-refractivity contribution in [3.8, 4) is 11.1 Å². The van der Waals surface area contributed by atoms with Crippen molar-refractivity contribution in [2.45, 2.75) is 31.6 Å². The molecule has 0 spiro atoms. The van der Waals surface area contributed by atoms with Crippen molar-refractivity contribution in [2.24, 2.45) is 5.92 Å². The largest absolute Gasteiger partial charge is 0.302 e. The molecular weight excluding hydrogens is 266 g/mol. The quantitative estimate of drug-likeness (QED) is 0.771. The number of benzene rings is 2. The molecule has 1 saturated carbocycles. The van der Waals surface area contributed by atoms with E-state index < -0.39 is 0 Å². The average Bonchev–Trinajstić information content (AvgIpc) is 3.40. The summed E-state index contributed by atoms with van der Waals surface area (Å²) in [6.45, 7) is 3.93. The summed E-state index contributed by atoms with van der Waals surface area (Å²) < 4.78 is 0. The van der Waals surface area contributed by atoms with Gasteiger partial charge >= 0.3 is 0 Å². The molecule has 2 aromatic rings. The highest BCUT2D eigenvalue weighted by Crippen LogP contribution is 2.33. The van der Waals surface area contributed by atoms with Crippen LogP contribution in [0.3, 0.4) is 0 Å². The monoisotopic (exact) mass is 291 g/mol. The van der Waals surface area contributed by atoms with Gasteiger partial charge in [0.05, 0.1) is 0 Å². The van der Waals surface area contributed by atoms with Gasteiger partial charge in [0.1, 0.15) is 0 Å². The van der Waals surface area contributed by atoms with E-state index in [2.05, 4.69) is 59.5 Å². The van der Waals surface area contributed by atoms with Crippen LogP contribution in [0, 0.1) is 5.92 Å². The maximum atomic E-state index is 2.71. The summed E-state index contributed by atoms with van der Waals surface area (Å²) in [7, 11) is 0. The highest BCUT2D eigenvalue weighted by Gasteiger charge is 2.28. The van der Waals surface area contributed by atoms with Gasteiger partial charge in [0, 0.05) is 13.1 Å². The Morgan fingerprint density at radius 1 is 0.818 bits per heavy atom. The maximum absolute atomic E-state index is 2.71. The number of likely N-dealkylation sites (tertiary alicyclic amines) is 1. The first kappa shape index (κ1) is 14.0. The standard InChI is InChI=1S/C21H25N/c1-2-5-18(6-3-1)19-10-12-20(13-11-19)21-7-4-14-22(16-21)15-17-8-9-17/h1-3,5-6,10-13,17,21H,4,7-9,14-16H2. The summed E-state index contributed by atoms with van der Waals surface area (Å²) in [5, 5.41) is 0. The average molecular weight is 291 g/mol. The normalized spacial score (nSPS) is 22.6. The van der Waals surface area contributed by atoms with Gasteiger partial charge in [0.15, 0.2) is 0 Å². The third-order valence-electron chi connectivity index (χ3n) is 5.21. The lowest BCUT2D eigenvalue weighted by Crippen LogP contribution is -2.35. The van der Waals surface area contributed by atoms with Crippen molar-refractivity contribution in [1.82, 2.24) is 4.90 Å². The summed E-state index contributed by atoms with van der Waals surface area (Å²) in [6.07, 6.45) is 5.64. The molecule has 2 aromatic carbocycles. The molecule has 1 heterocycles. The third kappa shape index (κ3) is 3.25. The van der Waals surface area contributed by atoms with E-state index in [1.807, 2.05) is 0 Å². The lowest BCUT2D eigenvalue weighted by Gasteiger charge is -2.33. The van der Waals surface area contributed by atoms with Gasteiger partial charge in [0.2, 0.25) is 0 Å². The number of piperidine rings is 1. The lowest BCUT2D eigenvalue weighted by molar-refractivity contribution is 0.200. The van der Waals surface area contributed by atoms with Crippen LogP contribution in [0.4, 0.5) is 0 Å². The van der Waals surface area contributed by atoms with Crippen LogP contribution >= 0.6 is 0 Å². The lowest BCUT2D eigenvalue weighted by atomic mass is 9.89. The predicted octanol–water partition coefficient (Wildman–Crippen LogP) is 4.94. The fourth-order valence-electron chi connectivity index (χ4n) is 3.74. The van der Waals surface area contributed by atoms with Crippen molar-refractivity contribution < 1.29 is 0 Å². The first-order valence-corrected chi connectivity index (χ1v) is 8.76. The Labute approximate surface area is 134 Å². The zero-order valence-electron chi connectivity index (χ0n) is 13.2. The molecule has 1 saturated heterocycles. The minimum absolute atomic E-state index is 0.734. The van der Waals surface area contributed by atoms with Gasteiger partial charge < -0.3 is 4.90 Å². The van der Waals surface area contributed by atoms with Crippen LogP contribution in [0.1, 0.15) is 37.2 Å². The Morgan fingerprint density at radius 2 is 1.55 bits per heavy atom. The molecule has 2 aliphatic rings. The van der Waals surface area contributed by atoms with Crippen LogP contribution in [0.5, 0.6) is 0 Å². The van der Waals surface area contributed by atoms with Crippen LogP contribution in [0.25, 0.3) is 11.1 Å². The predicted molar refractivity (Wildman–Crippen MR) is 93.0 cm³/mol. The van der Waals surface area contributed by atoms with E-state index in [0.29, 0.717) is 0 Å². The first-order chi connectivity index (χ1) is 10.9. The summed E-state index contributed by atoms with van der Waals surface area (Å²) in [4.78, 5) is 2.71. The van der Waals surface area contributed by atoms with E-state index in [9.17, 15) is 0 Å². The molecule has 0 N–H and O–H groups in total. The summed E-state index contributed by atoms with van der Waals surface area (Å²) in [6, 6.07) is 20.0. The molecular formula is C21H25N. The van der Waals surface area contributed by atoms with Crippen molar-refractivity contribution >= 4 is 0 Å². The van der Waals surface area contributed by atoms with Crippen molar-refractivity contribution in [3.05, 3.63) is 60.2 Å². The minimum atomic E-state index is 0.734. The third-order valence-corrected chi connectivity index (χ3v) is 5.21. The fourth-order valence-corrected chi connectivity index (χ4v) is 3.74. The maximum Gasteiger partial charge on any atom is 0.00504 e. The summed E-state index contributed by atoms with van der Waals surface area (Å²) in [5.74, 6) is 1.75. The number of hydrogen-bond acceptors (Lipinski definition) is 1. The molecule has 0 aromatic heterocycles. The van der Waals surface area contributed by atoms with Crippen molar-refractivity contribution in [1.29, 1.82) is 0 Å². The fraction of sp³-hybridized carbons (Fsp3) is 0.429. The van der Waals surface area contributed by atoms with Crippen molar-refractivity contribution in [2.75, 3.05) is 19.6 Å². The van der Waals surface area contributed by atoms with Gasteiger partial charge in [-0.15, -0.1) is 0 Å². The van der Waals surface area contributed by atoms with Crippen LogP contribution in [-0.4, -0.2) is 24.5 Å². The molecule has 1 heteroatoms. The molecule has 1 unspecified atom stereocenters. The molecule has 0 radical (unpaired) electrons. The summed E-state index contributed by atoms with van der Waals surface area (Å²) >= 11 is 0. The Hall–Kier alpha value is -1.60. The van der Waals surface area contributed by atoms with Crippen LogP contribution in [0.2, 0.25) is 0 Å². The Balaban J connectivity index is 1.45. The molecule has 1 aliphatic heterocycles. The second kappa shape index (κ2) is 6.26. The van der Waals surface area contributed by atoms with E-state index in [0.717, 1.165) is 11.8 Å². The van der Waals surface area contributed by atoms with Crippen LogP contribution in [-0.2, 0) is 0 Å². The van der Waals surface area contributed by atoms with E-state index in [1.165, 1.54) is 62.0 Å². The molecule has 1 aliphatic carbocycles. The van der Waals surface area contributed by atoms with Crippen LogP contribution in [0.15, 0.2) is 54.6 Å². The Kier molecular flexibility index (Phi) is 3.99. The molecule has 2 fully saturated rings. The Bertz CT molecular complexity index is 598. The number of hydrogen-bond donors (Lipinski definition) is 0. The molecule has 22 heavy (non-hydrogen) atoms. The molecule has 0 bridgehead atoms. The zero-order chi connectivity index (χ0) is 14.8.